The zero-order valence-electron chi connectivity index (χ0n) is 19.8. The van der Waals surface area contributed by atoms with E-state index in [1.165, 1.54) is 43.8 Å². The Morgan fingerprint density at radius 1 is 1.11 bits per heavy atom. The Bertz CT molecular complexity index is 1370. The number of rotatable bonds is 8. The van der Waals surface area contributed by atoms with Crippen molar-refractivity contribution >= 4 is 11.8 Å². The van der Waals surface area contributed by atoms with E-state index in [9.17, 15) is 27.6 Å². The molecule has 1 saturated carbocycles. The number of halogens is 3. The van der Waals surface area contributed by atoms with Crippen molar-refractivity contribution in [3.8, 4) is 17.2 Å². The van der Waals surface area contributed by atoms with E-state index in [0.717, 1.165) is 18.2 Å². The molecule has 2 amide bonds. The fourth-order valence-corrected chi connectivity index (χ4v) is 3.60. The molecule has 194 valence electrons. The molecule has 37 heavy (non-hydrogen) atoms. The summed E-state index contributed by atoms with van der Waals surface area (Å²) in [7, 11) is 1.27. The fraction of sp³-hybridized carbons (Fsp3) is 0.280. The molecule has 2 heterocycles. The van der Waals surface area contributed by atoms with Gasteiger partial charge in [-0.05, 0) is 56.2 Å². The van der Waals surface area contributed by atoms with Gasteiger partial charge < -0.3 is 25.1 Å². The van der Waals surface area contributed by atoms with Crippen molar-refractivity contribution in [1.82, 2.24) is 20.6 Å². The van der Waals surface area contributed by atoms with Crippen LogP contribution >= 0.6 is 0 Å². The third kappa shape index (κ3) is 5.90. The Labute approximate surface area is 209 Å². The van der Waals surface area contributed by atoms with Crippen LogP contribution in [-0.4, -0.2) is 34.4 Å². The first-order valence-corrected chi connectivity index (χ1v) is 11.2. The number of benzene rings is 1. The van der Waals surface area contributed by atoms with E-state index in [1.54, 1.807) is 6.92 Å². The zero-order valence-corrected chi connectivity index (χ0v) is 19.8. The van der Waals surface area contributed by atoms with Crippen LogP contribution in [0.3, 0.4) is 0 Å². The van der Waals surface area contributed by atoms with E-state index in [-0.39, 0.29) is 17.1 Å². The molecule has 12 heteroatoms. The second-order valence-corrected chi connectivity index (χ2v) is 8.55. The fourth-order valence-electron chi connectivity index (χ4n) is 3.60. The summed E-state index contributed by atoms with van der Waals surface area (Å²) in [6.07, 6.45) is -1.19. The Hall–Kier alpha value is -4.35. The summed E-state index contributed by atoms with van der Waals surface area (Å²) in [5, 5.41) is 5.47. The number of methoxy groups -OCH3 is 1. The second-order valence-electron chi connectivity index (χ2n) is 8.55. The zero-order chi connectivity index (χ0) is 26.8. The number of nitrogens with one attached hydrogen (secondary N) is 3. The molecule has 4 rings (SSSR count). The molecule has 0 bridgehead atoms. The number of hydrogen-bond acceptors (Lipinski definition) is 6. The molecule has 0 saturated heterocycles. The highest BCUT2D eigenvalue weighted by atomic mass is 19.4. The Morgan fingerprint density at radius 3 is 2.43 bits per heavy atom. The predicted molar refractivity (Wildman–Crippen MR) is 125 cm³/mol. The summed E-state index contributed by atoms with van der Waals surface area (Å²) in [6.45, 7) is 1.68. The van der Waals surface area contributed by atoms with Crippen LogP contribution in [0.4, 0.5) is 13.2 Å². The molecule has 9 nitrogen and oxygen atoms in total. The number of amides is 2. The molecule has 2 aromatic heterocycles. The van der Waals surface area contributed by atoms with E-state index < -0.39 is 46.4 Å². The lowest BCUT2D eigenvalue weighted by Crippen LogP contribution is -2.49. The number of ether oxygens (including phenoxy) is 2. The SMILES string of the molecule is COc1ccc(Oc2ccc(C(C)NC(=O)C3(NC(=O)c4cc[nH]c(=O)c4)CC3)nc2)c(C(F)(F)F)c1. The van der Waals surface area contributed by atoms with Gasteiger partial charge in [0.1, 0.15) is 28.4 Å². The number of hydrogen-bond donors (Lipinski definition) is 3. The van der Waals surface area contributed by atoms with Gasteiger partial charge in [0.15, 0.2) is 0 Å². The van der Waals surface area contributed by atoms with Crippen LogP contribution in [0, 0.1) is 0 Å². The first-order valence-electron chi connectivity index (χ1n) is 11.2. The summed E-state index contributed by atoms with van der Waals surface area (Å²) in [5.74, 6) is -1.24. The van der Waals surface area contributed by atoms with Crippen LogP contribution in [0.5, 0.6) is 17.2 Å². The maximum absolute atomic E-state index is 13.4. The third-order valence-corrected chi connectivity index (χ3v) is 5.85. The molecule has 3 aromatic rings. The van der Waals surface area contributed by atoms with Crippen LogP contribution in [0.15, 0.2) is 59.7 Å². The highest BCUT2D eigenvalue weighted by Gasteiger charge is 2.51. The van der Waals surface area contributed by atoms with Crippen LogP contribution in [0.2, 0.25) is 0 Å². The Balaban J connectivity index is 1.40. The van der Waals surface area contributed by atoms with Gasteiger partial charge in [0.25, 0.3) is 5.91 Å². The smallest absolute Gasteiger partial charge is 0.420 e. The normalized spacial score (nSPS) is 14.8. The minimum atomic E-state index is -4.65. The molecule has 0 aliphatic heterocycles. The van der Waals surface area contributed by atoms with Crippen molar-refractivity contribution < 1.29 is 32.2 Å². The first-order chi connectivity index (χ1) is 17.5. The number of nitrogens with zero attached hydrogens (tertiary/aromatic N) is 1. The maximum atomic E-state index is 13.4. The Morgan fingerprint density at radius 2 is 1.84 bits per heavy atom. The van der Waals surface area contributed by atoms with Crippen LogP contribution in [0.25, 0.3) is 0 Å². The minimum Gasteiger partial charge on any atom is -0.497 e. The largest absolute Gasteiger partial charge is 0.497 e. The monoisotopic (exact) mass is 516 g/mol. The third-order valence-electron chi connectivity index (χ3n) is 5.85. The van der Waals surface area contributed by atoms with Crippen molar-refractivity contribution in [1.29, 1.82) is 0 Å². The van der Waals surface area contributed by atoms with Crippen molar-refractivity contribution in [2.75, 3.05) is 7.11 Å². The van der Waals surface area contributed by atoms with Gasteiger partial charge in [0.05, 0.1) is 25.0 Å². The molecular formula is C25H23F3N4O5. The molecule has 0 radical (unpaired) electrons. The van der Waals surface area contributed by atoms with E-state index in [2.05, 4.69) is 20.6 Å². The van der Waals surface area contributed by atoms with Gasteiger partial charge in [0, 0.05) is 17.8 Å². The number of H-pyrrole nitrogens is 1. The number of pyridine rings is 2. The number of alkyl halides is 3. The van der Waals surface area contributed by atoms with Gasteiger partial charge in [-0.15, -0.1) is 0 Å². The lowest BCUT2D eigenvalue weighted by Gasteiger charge is -2.21. The van der Waals surface area contributed by atoms with Crippen molar-refractivity contribution in [2.45, 2.75) is 37.5 Å². The van der Waals surface area contributed by atoms with Gasteiger partial charge in [-0.25, -0.2) is 0 Å². The quantitative estimate of drug-likeness (QED) is 0.420. The highest BCUT2D eigenvalue weighted by Crippen LogP contribution is 2.40. The summed E-state index contributed by atoms with van der Waals surface area (Å²) < 4.78 is 50.5. The lowest BCUT2D eigenvalue weighted by molar-refractivity contribution is -0.138. The Kier molecular flexibility index (Phi) is 6.92. The maximum Gasteiger partial charge on any atom is 0.420 e. The number of carbonyl (C=O) groups excluding carboxylic acids is 2. The van der Waals surface area contributed by atoms with Gasteiger partial charge in [-0.3, -0.25) is 19.4 Å². The van der Waals surface area contributed by atoms with E-state index >= 15 is 0 Å². The number of carbonyl (C=O) groups is 2. The molecule has 1 unspecified atom stereocenters. The van der Waals surface area contributed by atoms with Gasteiger partial charge in [-0.1, -0.05) is 0 Å². The summed E-state index contributed by atoms with van der Waals surface area (Å²) in [4.78, 5) is 43.4. The standard InChI is InChI=1S/C25H23F3N4O5/c1-14(31-23(35)24(8-9-24)32-22(34)15-7-10-29-21(33)11-15)19-5-3-17(13-30-19)37-20-6-4-16(36-2)12-18(20)25(26,27)28/h3-7,10-14H,8-9H2,1-2H3,(H,29,33)(H,31,35)(H,32,34). The second kappa shape index (κ2) is 9.96. The molecule has 1 aromatic carbocycles. The number of aromatic nitrogens is 2. The molecular weight excluding hydrogens is 493 g/mol. The van der Waals surface area contributed by atoms with Gasteiger partial charge >= 0.3 is 6.18 Å². The van der Waals surface area contributed by atoms with E-state index in [0.29, 0.717) is 18.5 Å². The van der Waals surface area contributed by atoms with Crippen LogP contribution in [0.1, 0.15) is 47.4 Å². The molecule has 1 fully saturated rings. The van der Waals surface area contributed by atoms with E-state index in [4.69, 9.17) is 9.47 Å². The summed E-state index contributed by atoms with van der Waals surface area (Å²) in [5.41, 5.74) is -1.94. The van der Waals surface area contributed by atoms with Crippen molar-refractivity contribution in [3.05, 3.63) is 82.0 Å². The summed E-state index contributed by atoms with van der Waals surface area (Å²) in [6, 6.07) is 8.33. The predicted octanol–water partition coefficient (Wildman–Crippen LogP) is 3.73. The first kappa shape index (κ1) is 25.7. The molecule has 1 aliphatic carbocycles. The van der Waals surface area contributed by atoms with Crippen LogP contribution in [-0.2, 0) is 11.0 Å². The summed E-state index contributed by atoms with van der Waals surface area (Å²) >= 11 is 0. The average molecular weight is 516 g/mol. The molecule has 3 N–H and O–H groups in total. The minimum absolute atomic E-state index is 0.0415. The van der Waals surface area contributed by atoms with Gasteiger partial charge in [0.2, 0.25) is 11.5 Å². The van der Waals surface area contributed by atoms with Crippen LogP contribution < -0.4 is 25.7 Å². The van der Waals surface area contributed by atoms with Crippen molar-refractivity contribution in [3.63, 3.8) is 0 Å². The molecule has 1 atom stereocenters. The van der Waals surface area contributed by atoms with E-state index in [1.807, 2.05) is 0 Å². The highest BCUT2D eigenvalue weighted by molar-refractivity contribution is 6.00. The van der Waals surface area contributed by atoms with Crippen molar-refractivity contribution in [2.24, 2.45) is 0 Å². The number of aromatic amines is 1. The van der Waals surface area contributed by atoms with Gasteiger partial charge in [-0.2, -0.15) is 13.2 Å². The molecule has 0 spiro atoms. The topological polar surface area (TPSA) is 122 Å². The molecule has 1 aliphatic rings. The lowest BCUT2D eigenvalue weighted by atomic mass is 10.1. The average Bonchev–Trinajstić information content (AvgIpc) is 3.64.